The molecular weight excluding hydrogens is 206 g/mol. The van der Waals surface area contributed by atoms with Gasteiger partial charge in [0, 0.05) is 11.9 Å². The Morgan fingerprint density at radius 3 is 2.29 bits per heavy atom. The molecule has 1 heteroatoms. The van der Waals surface area contributed by atoms with Crippen molar-refractivity contribution in [1.82, 2.24) is 0 Å². The van der Waals surface area contributed by atoms with Gasteiger partial charge >= 0.3 is 0 Å². The molecule has 0 saturated carbocycles. The van der Waals surface area contributed by atoms with Crippen molar-refractivity contribution in [3.05, 3.63) is 23.9 Å². The molecule has 0 aromatic rings. The summed E-state index contributed by atoms with van der Waals surface area (Å²) in [7, 11) is 0. The molecule has 0 bridgehead atoms. The molecule has 0 radical (unpaired) electrons. The summed E-state index contributed by atoms with van der Waals surface area (Å²) in [4.78, 5) is 4.46. The molecule has 0 aliphatic heterocycles. The van der Waals surface area contributed by atoms with Crippen LogP contribution < -0.4 is 0 Å². The number of nitrogens with zero attached hydrogens (tertiary/aromatic N) is 1. The van der Waals surface area contributed by atoms with Crippen LogP contribution in [0.4, 0.5) is 0 Å². The van der Waals surface area contributed by atoms with E-state index in [1.165, 1.54) is 44.1 Å². The quantitative estimate of drug-likeness (QED) is 0.341. The molecule has 98 valence electrons. The van der Waals surface area contributed by atoms with Crippen molar-refractivity contribution >= 4 is 6.21 Å². The summed E-state index contributed by atoms with van der Waals surface area (Å²) in [6.45, 7) is 10.6. The third kappa shape index (κ3) is 10.0. The second-order valence-electron chi connectivity index (χ2n) is 4.60. The molecule has 0 N–H and O–H groups in total. The molecule has 0 heterocycles. The van der Waals surface area contributed by atoms with E-state index in [4.69, 9.17) is 0 Å². The maximum atomic E-state index is 4.46. The van der Waals surface area contributed by atoms with Crippen LogP contribution in [0.3, 0.4) is 0 Å². The van der Waals surface area contributed by atoms with Crippen molar-refractivity contribution in [2.45, 2.75) is 72.1 Å². The first kappa shape index (κ1) is 16.1. The number of allylic oxidation sites excluding steroid dienone is 3. The SMILES string of the molecule is C=C(CCCCCC)N=C/C(=C\C)CCCC. The van der Waals surface area contributed by atoms with Crippen LogP contribution in [-0.2, 0) is 0 Å². The first-order valence-electron chi connectivity index (χ1n) is 7.11. The maximum Gasteiger partial charge on any atom is 0.0332 e. The number of aliphatic imine (C=N–C) groups is 1. The molecule has 0 spiro atoms. The Labute approximate surface area is 108 Å². The molecule has 0 atom stereocenters. The fourth-order valence-corrected chi connectivity index (χ4v) is 1.66. The maximum absolute atomic E-state index is 4.46. The fraction of sp³-hybridized carbons (Fsp3) is 0.688. The van der Waals surface area contributed by atoms with Gasteiger partial charge in [0.25, 0.3) is 0 Å². The van der Waals surface area contributed by atoms with Crippen molar-refractivity contribution in [3.8, 4) is 0 Å². The average Bonchev–Trinajstić information content (AvgIpc) is 2.35. The number of unbranched alkanes of at least 4 members (excludes halogenated alkanes) is 4. The first-order chi connectivity index (χ1) is 8.24. The van der Waals surface area contributed by atoms with Crippen LogP contribution in [-0.4, -0.2) is 6.21 Å². The Morgan fingerprint density at radius 2 is 1.71 bits per heavy atom. The number of hydrogen-bond acceptors (Lipinski definition) is 1. The number of rotatable bonds is 10. The lowest BCUT2D eigenvalue weighted by Gasteiger charge is -2.01. The molecule has 0 unspecified atom stereocenters. The first-order valence-corrected chi connectivity index (χ1v) is 7.11. The van der Waals surface area contributed by atoms with E-state index in [9.17, 15) is 0 Å². The highest BCUT2D eigenvalue weighted by molar-refractivity contribution is 5.79. The molecule has 0 aliphatic rings. The normalized spacial score (nSPS) is 12.3. The van der Waals surface area contributed by atoms with Gasteiger partial charge in [-0.3, -0.25) is 4.99 Å². The van der Waals surface area contributed by atoms with E-state index in [-0.39, 0.29) is 0 Å². The monoisotopic (exact) mass is 235 g/mol. The van der Waals surface area contributed by atoms with Gasteiger partial charge in [-0.25, -0.2) is 0 Å². The van der Waals surface area contributed by atoms with Crippen molar-refractivity contribution < 1.29 is 0 Å². The summed E-state index contributed by atoms with van der Waals surface area (Å²) in [5, 5.41) is 0. The molecule has 0 saturated heterocycles. The lowest BCUT2D eigenvalue weighted by atomic mass is 10.1. The molecule has 0 aliphatic carbocycles. The zero-order chi connectivity index (χ0) is 12.9. The van der Waals surface area contributed by atoms with E-state index in [2.05, 4.69) is 38.4 Å². The van der Waals surface area contributed by atoms with Crippen molar-refractivity contribution in [2.75, 3.05) is 0 Å². The molecular formula is C16H29N. The summed E-state index contributed by atoms with van der Waals surface area (Å²) in [6.07, 6.45) is 14.0. The Balaban J connectivity index is 3.83. The molecule has 17 heavy (non-hydrogen) atoms. The standard InChI is InChI=1S/C16H29N/c1-5-8-10-11-12-15(4)17-14-16(7-3)13-9-6-2/h7,14H,4-6,8-13H2,1-3H3/b16-7-,17-14?. The van der Waals surface area contributed by atoms with E-state index in [1.54, 1.807) is 0 Å². The summed E-state index contributed by atoms with van der Waals surface area (Å²) in [5.41, 5.74) is 2.36. The summed E-state index contributed by atoms with van der Waals surface area (Å²) in [5.74, 6) is 0. The van der Waals surface area contributed by atoms with Crippen LogP contribution in [0.5, 0.6) is 0 Å². The van der Waals surface area contributed by atoms with Crippen LogP contribution in [0.25, 0.3) is 0 Å². The smallest absolute Gasteiger partial charge is 0.0332 e. The predicted molar refractivity (Wildman–Crippen MR) is 79.7 cm³/mol. The van der Waals surface area contributed by atoms with E-state index >= 15 is 0 Å². The Kier molecular flexibility index (Phi) is 11.0. The zero-order valence-corrected chi connectivity index (χ0v) is 12.0. The van der Waals surface area contributed by atoms with Gasteiger partial charge in [0.1, 0.15) is 0 Å². The third-order valence-corrected chi connectivity index (χ3v) is 2.92. The van der Waals surface area contributed by atoms with Crippen molar-refractivity contribution in [3.63, 3.8) is 0 Å². The minimum atomic E-state index is 1.02. The molecule has 0 aromatic carbocycles. The van der Waals surface area contributed by atoms with Crippen LogP contribution >= 0.6 is 0 Å². The van der Waals surface area contributed by atoms with Crippen molar-refractivity contribution in [2.24, 2.45) is 4.99 Å². The zero-order valence-electron chi connectivity index (χ0n) is 12.0. The van der Waals surface area contributed by atoms with Gasteiger partial charge in [0.15, 0.2) is 0 Å². The molecule has 1 nitrogen and oxygen atoms in total. The van der Waals surface area contributed by atoms with Gasteiger partial charge < -0.3 is 0 Å². The van der Waals surface area contributed by atoms with Crippen LogP contribution in [0, 0.1) is 0 Å². The van der Waals surface area contributed by atoms with E-state index in [0.29, 0.717) is 0 Å². The van der Waals surface area contributed by atoms with Crippen LogP contribution in [0.2, 0.25) is 0 Å². The third-order valence-electron chi connectivity index (χ3n) is 2.92. The summed E-state index contributed by atoms with van der Waals surface area (Å²) >= 11 is 0. The van der Waals surface area contributed by atoms with Gasteiger partial charge in [-0.2, -0.15) is 0 Å². The highest BCUT2D eigenvalue weighted by Gasteiger charge is 1.94. The Bertz CT molecular complexity index is 248. The van der Waals surface area contributed by atoms with Gasteiger partial charge in [0.2, 0.25) is 0 Å². The van der Waals surface area contributed by atoms with Gasteiger partial charge in [-0.15, -0.1) is 0 Å². The Hall–Kier alpha value is -0.850. The van der Waals surface area contributed by atoms with Crippen molar-refractivity contribution in [1.29, 1.82) is 0 Å². The van der Waals surface area contributed by atoms with E-state index < -0.39 is 0 Å². The van der Waals surface area contributed by atoms with Gasteiger partial charge in [0.05, 0.1) is 0 Å². The van der Waals surface area contributed by atoms with Gasteiger partial charge in [-0.1, -0.05) is 52.2 Å². The second-order valence-corrected chi connectivity index (χ2v) is 4.60. The average molecular weight is 235 g/mol. The lowest BCUT2D eigenvalue weighted by Crippen LogP contribution is -1.87. The summed E-state index contributed by atoms with van der Waals surface area (Å²) < 4.78 is 0. The molecule has 0 aromatic heterocycles. The minimum Gasteiger partial charge on any atom is -0.262 e. The van der Waals surface area contributed by atoms with E-state index in [0.717, 1.165) is 18.5 Å². The predicted octanol–water partition coefficient (Wildman–Crippen LogP) is 5.68. The highest BCUT2D eigenvalue weighted by atomic mass is 14.7. The fourth-order valence-electron chi connectivity index (χ4n) is 1.66. The highest BCUT2D eigenvalue weighted by Crippen LogP contribution is 2.11. The lowest BCUT2D eigenvalue weighted by molar-refractivity contribution is 0.663. The number of hydrogen-bond donors (Lipinski definition) is 0. The largest absolute Gasteiger partial charge is 0.262 e. The molecule has 0 fully saturated rings. The van der Waals surface area contributed by atoms with Crippen LogP contribution in [0.1, 0.15) is 72.1 Å². The van der Waals surface area contributed by atoms with E-state index in [1.807, 2.05) is 6.21 Å². The topological polar surface area (TPSA) is 12.4 Å². The second kappa shape index (κ2) is 11.6. The molecule has 0 rings (SSSR count). The van der Waals surface area contributed by atoms with Crippen LogP contribution in [0.15, 0.2) is 28.9 Å². The Morgan fingerprint density at radius 1 is 1.00 bits per heavy atom. The molecule has 0 amide bonds. The van der Waals surface area contributed by atoms with Gasteiger partial charge in [-0.05, 0) is 38.2 Å². The minimum absolute atomic E-state index is 1.02. The summed E-state index contributed by atoms with van der Waals surface area (Å²) in [6, 6.07) is 0.